The van der Waals surface area contributed by atoms with Crippen molar-refractivity contribution >= 4 is 11.9 Å². The number of amides is 1. The number of carboxylic acid groups (broad SMARTS) is 1. The van der Waals surface area contributed by atoms with Crippen molar-refractivity contribution in [1.82, 2.24) is 5.32 Å². The van der Waals surface area contributed by atoms with Gasteiger partial charge in [-0.25, -0.2) is 9.18 Å². The van der Waals surface area contributed by atoms with Gasteiger partial charge in [-0.15, -0.1) is 0 Å². The van der Waals surface area contributed by atoms with E-state index in [4.69, 9.17) is 9.84 Å². The first-order chi connectivity index (χ1) is 9.81. The molecule has 2 N–H and O–H groups in total. The summed E-state index contributed by atoms with van der Waals surface area (Å²) in [7, 11) is 0. The molecule has 0 aliphatic heterocycles. The Labute approximate surface area is 123 Å². The third-order valence-electron chi connectivity index (χ3n) is 3.24. The smallest absolute Gasteiger partial charge is 0.346 e. The normalized spacial score (nSPS) is 13.6. The molecule has 21 heavy (non-hydrogen) atoms. The zero-order valence-electron chi connectivity index (χ0n) is 12.3. The van der Waals surface area contributed by atoms with Gasteiger partial charge in [0.1, 0.15) is 11.6 Å². The molecule has 1 rings (SSSR count). The lowest BCUT2D eigenvalue weighted by molar-refractivity contribution is -0.145. The summed E-state index contributed by atoms with van der Waals surface area (Å²) in [5, 5.41) is 11.7. The Morgan fingerprint density at radius 3 is 2.29 bits per heavy atom. The van der Waals surface area contributed by atoms with Crippen molar-refractivity contribution in [2.45, 2.75) is 26.9 Å². The van der Waals surface area contributed by atoms with E-state index in [0.29, 0.717) is 0 Å². The lowest BCUT2D eigenvalue weighted by Gasteiger charge is -2.19. The van der Waals surface area contributed by atoms with Crippen molar-refractivity contribution in [2.75, 3.05) is 6.54 Å². The van der Waals surface area contributed by atoms with Crippen LogP contribution in [-0.2, 0) is 9.59 Å². The lowest BCUT2D eigenvalue weighted by Crippen LogP contribution is -2.42. The summed E-state index contributed by atoms with van der Waals surface area (Å²) in [5.41, 5.74) is 0. The number of carbonyl (C=O) groups excluding carboxylic acids is 1. The third-order valence-corrected chi connectivity index (χ3v) is 3.24. The average molecular weight is 297 g/mol. The van der Waals surface area contributed by atoms with Crippen LogP contribution in [0, 0.1) is 17.7 Å². The van der Waals surface area contributed by atoms with E-state index in [2.05, 4.69) is 5.32 Å². The Morgan fingerprint density at radius 1 is 1.24 bits per heavy atom. The SMILES string of the molecule is CC(C)C(C)C(=O)NCC(Oc1ccc(F)cc1)C(=O)O. The minimum atomic E-state index is -1.22. The van der Waals surface area contributed by atoms with Crippen molar-refractivity contribution in [3.63, 3.8) is 0 Å². The van der Waals surface area contributed by atoms with Gasteiger partial charge in [0, 0.05) is 5.92 Å². The molecular formula is C15H20FNO4. The highest BCUT2D eigenvalue weighted by molar-refractivity contribution is 5.80. The molecule has 0 saturated heterocycles. The number of aliphatic carboxylic acids is 1. The second kappa shape index (κ2) is 7.61. The molecule has 0 aromatic heterocycles. The maximum absolute atomic E-state index is 12.8. The molecule has 2 atom stereocenters. The molecule has 0 saturated carbocycles. The molecule has 1 aromatic carbocycles. The number of ether oxygens (including phenoxy) is 1. The standard InChI is InChI=1S/C15H20FNO4/c1-9(2)10(3)14(18)17-8-13(15(19)20)21-12-6-4-11(16)5-7-12/h4-7,9-10,13H,8H2,1-3H3,(H,17,18)(H,19,20). The summed E-state index contributed by atoms with van der Waals surface area (Å²) < 4.78 is 18.0. The first kappa shape index (κ1) is 16.9. The molecule has 1 aromatic rings. The van der Waals surface area contributed by atoms with Crippen LogP contribution in [0.5, 0.6) is 5.75 Å². The molecule has 0 bridgehead atoms. The zero-order chi connectivity index (χ0) is 16.0. The van der Waals surface area contributed by atoms with Gasteiger partial charge in [0.05, 0.1) is 6.54 Å². The summed E-state index contributed by atoms with van der Waals surface area (Å²) in [6, 6.07) is 5.02. The van der Waals surface area contributed by atoms with Gasteiger partial charge in [0.2, 0.25) is 12.0 Å². The van der Waals surface area contributed by atoms with Gasteiger partial charge in [-0.05, 0) is 30.2 Å². The fourth-order valence-corrected chi connectivity index (χ4v) is 1.51. The van der Waals surface area contributed by atoms with E-state index in [-0.39, 0.29) is 30.0 Å². The summed E-state index contributed by atoms with van der Waals surface area (Å²) in [4.78, 5) is 22.9. The van der Waals surface area contributed by atoms with Crippen LogP contribution in [0.15, 0.2) is 24.3 Å². The van der Waals surface area contributed by atoms with Gasteiger partial charge in [0.25, 0.3) is 0 Å². The van der Waals surface area contributed by atoms with Gasteiger partial charge >= 0.3 is 5.97 Å². The fourth-order valence-electron chi connectivity index (χ4n) is 1.51. The molecule has 1 amide bonds. The summed E-state index contributed by atoms with van der Waals surface area (Å²) in [5.74, 6) is -1.68. The van der Waals surface area contributed by atoms with Crippen LogP contribution in [0.2, 0.25) is 0 Å². The minimum absolute atomic E-state index is 0.150. The molecule has 2 unspecified atom stereocenters. The second-order valence-corrected chi connectivity index (χ2v) is 5.18. The summed E-state index contributed by atoms with van der Waals surface area (Å²) in [6.45, 7) is 5.45. The Bertz CT molecular complexity index is 487. The highest BCUT2D eigenvalue weighted by Gasteiger charge is 2.23. The van der Waals surface area contributed by atoms with Crippen LogP contribution in [0.1, 0.15) is 20.8 Å². The highest BCUT2D eigenvalue weighted by atomic mass is 19.1. The summed E-state index contributed by atoms with van der Waals surface area (Å²) >= 11 is 0. The van der Waals surface area contributed by atoms with Crippen LogP contribution in [0.25, 0.3) is 0 Å². The maximum atomic E-state index is 12.8. The van der Waals surface area contributed by atoms with Gasteiger partial charge in [0.15, 0.2) is 0 Å². The Balaban J connectivity index is 2.60. The number of halogens is 1. The van der Waals surface area contributed by atoms with Crippen LogP contribution < -0.4 is 10.1 Å². The number of carbonyl (C=O) groups is 2. The van der Waals surface area contributed by atoms with Crippen molar-refractivity contribution < 1.29 is 23.8 Å². The first-order valence-electron chi connectivity index (χ1n) is 6.74. The molecule has 5 nitrogen and oxygen atoms in total. The average Bonchev–Trinajstić information content (AvgIpc) is 2.43. The van der Waals surface area contributed by atoms with E-state index in [1.54, 1.807) is 6.92 Å². The van der Waals surface area contributed by atoms with Gasteiger partial charge < -0.3 is 15.2 Å². The Hall–Kier alpha value is -2.11. The number of carboxylic acids is 1. The topological polar surface area (TPSA) is 75.6 Å². The van der Waals surface area contributed by atoms with E-state index in [1.165, 1.54) is 24.3 Å². The monoisotopic (exact) mass is 297 g/mol. The van der Waals surface area contributed by atoms with Gasteiger partial charge in [-0.2, -0.15) is 0 Å². The predicted molar refractivity (Wildman–Crippen MR) is 75.5 cm³/mol. The number of hydrogen-bond acceptors (Lipinski definition) is 3. The van der Waals surface area contributed by atoms with Gasteiger partial charge in [-0.1, -0.05) is 20.8 Å². The number of benzene rings is 1. The van der Waals surface area contributed by atoms with E-state index in [1.807, 2.05) is 13.8 Å². The van der Waals surface area contributed by atoms with E-state index in [9.17, 15) is 14.0 Å². The Kier molecular flexibility index (Phi) is 6.14. The Morgan fingerprint density at radius 2 is 1.81 bits per heavy atom. The van der Waals surface area contributed by atoms with E-state index >= 15 is 0 Å². The van der Waals surface area contributed by atoms with Crippen molar-refractivity contribution in [3.05, 3.63) is 30.1 Å². The van der Waals surface area contributed by atoms with Crippen molar-refractivity contribution in [2.24, 2.45) is 11.8 Å². The quantitative estimate of drug-likeness (QED) is 0.808. The molecule has 0 heterocycles. The van der Waals surface area contributed by atoms with Crippen LogP contribution in [0.4, 0.5) is 4.39 Å². The molecule has 0 aliphatic carbocycles. The number of hydrogen-bond donors (Lipinski definition) is 2. The molecule has 116 valence electrons. The lowest BCUT2D eigenvalue weighted by atomic mass is 9.97. The molecule has 0 radical (unpaired) electrons. The molecule has 6 heteroatoms. The predicted octanol–water partition coefficient (Wildman–Crippen LogP) is 2.07. The fraction of sp³-hybridized carbons (Fsp3) is 0.467. The third kappa shape index (κ3) is 5.41. The second-order valence-electron chi connectivity index (χ2n) is 5.18. The summed E-state index contributed by atoms with van der Waals surface area (Å²) in [6.07, 6.45) is -1.22. The van der Waals surface area contributed by atoms with Crippen LogP contribution in [0.3, 0.4) is 0 Å². The zero-order valence-corrected chi connectivity index (χ0v) is 12.3. The van der Waals surface area contributed by atoms with E-state index < -0.39 is 17.9 Å². The largest absolute Gasteiger partial charge is 0.478 e. The van der Waals surface area contributed by atoms with Crippen molar-refractivity contribution in [3.8, 4) is 5.75 Å². The molecular weight excluding hydrogens is 277 g/mol. The number of nitrogens with one attached hydrogen (secondary N) is 1. The van der Waals surface area contributed by atoms with Crippen LogP contribution >= 0.6 is 0 Å². The minimum Gasteiger partial charge on any atom is -0.478 e. The van der Waals surface area contributed by atoms with E-state index in [0.717, 1.165) is 0 Å². The van der Waals surface area contributed by atoms with Crippen LogP contribution in [-0.4, -0.2) is 29.6 Å². The van der Waals surface area contributed by atoms with Crippen molar-refractivity contribution in [1.29, 1.82) is 0 Å². The maximum Gasteiger partial charge on any atom is 0.346 e. The molecule has 0 fully saturated rings. The first-order valence-corrected chi connectivity index (χ1v) is 6.74. The highest BCUT2D eigenvalue weighted by Crippen LogP contribution is 2.13. The number of rotatable bonds is 7. The molecule has 0 spiro atoms. The van der Waals surface area contributed by atoms with Gasteiger partial charge in [-0.3, -0.25) is 4.79 Å². The molecule has 0 aliphatic rings.